The molecule has 1 aliphatic rings. The van der Waals surface area contributed by atoms with Gasteiger partial charge in [-0.05, 0) is 17.7 Å². The molecule has 2 unspecified atom stereocenters. The first-order valence-electron chi connectivity index (χ1n) is 6.78. The zero-order valence-electron chi connectivity index (χ0n) is 12.1. The van der Waals surface area contributed by atoms with Crippen molar-refractivity contribution in [3.8, 4) is 5.75 Å². The van der Waals surface area contributed by atoms with Crippen LogP contribution in [0.2, 0.25) is 0 Å². The van der Waals surface area contributed by atoms with Gasteiger partial charge in [0.2, 0.25) is 5.91 Å². The second-order valence-corrected chi connectivity index (χ2v) is 6.56. The predicted molar refractivity (Wildman–Crippen MR) is 79.0 cm³/mol. The van der Waals surface area contributed by atoms with E-state index in [-0.39, 0.29) is 24.4 Å². The van der Waals surface area contributed by atoms with E-state index in [0.29, 0.717) is 23.6 Å². The molecule has 2 atom stereocenters. The number of carbonyl (C=O) groups is 1. The topological polar surface area (TPSA) is 58.6 Å². The smallest absolute Gasteiger partial charge is 0.238 e. The maximum atomic E-state index is 13.8. The fourth-order valence-corrected chi connectivity index (χ4v) is 2.98. The molecule has 7 heteroatoms. The van der Waals surface area contributed by atoms with Crippen LogP contribution in [0.15, 0.2) is 18.2 Å². The number of amides is 1. The van der Waals surface area contributed by atoms with E-state index in [2.05, 4.69) is 5.32 Å². The number of hydrogen-bond acceptors (Lipinski definition) is 4. The molecule has 1 aromatic carbocycles. The Bertz CT molecular complexity index is 553. The van der Waals surface area contributed by atoms with Crippen molar-refractivity contribution in [1.29, 1.82) is 0 Å². The van der Waals surface area contributed by atoms with Crippen LogP contribution in [-0.2, 0) is 15.6 Å². The summed E-state index contributed by atoms with van der Waals surface area (Å²) in [4.78, 5) is 13.5. The number of nitrogens with one attached hydrogen (secondary N) is 1. The van der Waals surface area contributed by atoms with E-state index in [4.69, 9.17) is 4.74 Å². The molecule has 0 saturated carbocycles. The van der Waals surface area contributed by atoms with Crippen LogP contribution in [0, 0.1) is 5.82 Å². The lowest BCUT2D eigenvalue weighted by molar-refractivity contribution is -0.127. The van der Waals surface area contributed by atoms with Gasteiger partial charge in [0.05, 0.1) is 13.7 Å². The van der Waals surface area contributed by atoms with Gasteiger partial charge in [0.25, 0.3) is 0 Å². The van der Waals surface area contributed by atoms with Gasteiger partial charge >= 0.3 is 0 Å². The molecule has 21 heavy (non-hydrogen) atoms. The normalized spacial score (nSPS) is 19.9. The molecule has 0 bridgehead atoms. The molecule has 0 aliphatic carbocycles. The van der Waals surface area contributed by atoms with Gasteiger partial charge in [0.1, 0.15) is 6.17 Å². The number of carbonyl (C=O) groups excluding carboxylic acids is 1. The van der Waals surface area contributed by atoms with Crippen molar-refractivity contribution in [3.05, 3.63) is 29.6 Å². The molecule has 0 radical (unpaired) electrons. The van der Waals surface area contributed by atoms with Gasteiger partial charge in [0.15, 0.2) is 11.6 Å². The average molecular weight is 314 g/mol. The van der Waals surface area contributed by atoms with Crippen LogP contribution in [0.25, 0.3) is 0 Å². The lowest BCUT2D eigenvalue weighted by Crippen LogP contribution is -2.33. The van der Waals surface area contributed by atoms with E-state index in [0.717, 1.165) is 0 Å². The first-order valence-corrected chi connectivity index (χ1v) is 8.27. The summed E-state index contributed by atoms with van der Waals surface area (Å²) in [6.07, 6.45) is -0.383. The van der Waals surface area contributed by atoms with Crippen LogP contribution in [-0.4, -0.2) is 46.7 Å². The van der Waals surface area contributed by atoms with E-state index >= 15 is 0 Å². The van der Waals surface area contributed by atoms with Gasteiger partial charge < -0.3 is 9.64 Å². The minimum absolute atomic E-state index is 0.0654. The van der Waals surface area contributed by atoms with Crippen LogP contribution in [0.3, 0.4) is 0 Å². The van der Waals surface area contributed by atoms with E-state index in [1.165, 1.54) is 19.2 Å². The SMILES string of the molecule is CCS(=O)CCN1C(=O)CNC1c1ccc(OC)c(F)c1. The Morgan fingerprint density at radius 3 is 2.90 bits per heavy atom. The number of benzene rings is 1. The number of ether oxygens (including phenoxy) is 1. The first-order chi connectivity index (χ1) is 10.1. The molecule has 1 saturated heterocycles. The van der Waals surface area contributed by atoms with Crippen molar-refractivity contribution in [2.75, 3.05) is 31.7 Å². The molecule has 1 fully saturated rings. The minimum Gasteiger partial charge on any atom is -0.494 e. The summed E-state index contributed by atoms with van der Waals surface area (Å²) >= 11 is 0. The van der Waals surface area contributed by atoms with Gasteiger partial charge in [-0.15, -0.1) is 0 Å². The fraction of sp³-hybridized carbons (Fsp3) is 0.500. The molecule has 1 heterocycles. The summed E-state index contributed by atoms with van der Waals surface area (Å²) in [6, 6.07) is 4.62. The van der Waals surface area contributed by atoms with E-state index in [1.54, 1.807) is 11.0 Å². The van der Waals surface area contributed by atoms with Crippen molar-refractivity contribution < 1.29 is 18.1 Å². The molecule has 1 aromatic rings. The Kier molecular flexibility index (Phi) is 5.30. The highest BCUT2D eigenvalue weighted by atomic mass is 32.2. The van der Waals surface area contributed by atoms with Crippen molar-refractivity contribution in [1.82, 2.24) is 10.2 Å². The van der Waals surface area contributed by atoms with Gasteiger partial charge in [-0.1, -0.05) is 13.0 Å². The van der Waals surface area contributed by atoms with Crippen molar-refractivity contribution in [3.63, 3.8) is 0 Å². The van der Waals surface area contributed by atoms with E-state index in [9.17, 15) is 13.4 Å². The molecular weight excluding hydrogens is 295 g/mol. The second kappa shape index (κ2) is 7.00. The van der Waals surface area contributed by atoms with Gasteiger partial charge in [0, 0.05) is 28.9 Å². The maximum absolute atomic E-state index is 13.8. The number of nitrogens with zero attached hydrogens (tertiary/aromatic N) is 1. The molecule has 1 aliphatic heterocycles. The second-order valence-electron chi connectivity index (χ2n) is 4.70. The number of hydrogen-bond donors (Lipinski definition) is 1. The first kappa shape index (κ1) is 15.9. The summed E-state index contributed by atoms with van der Waals surface area (Å²) in [5, 5.41) is 3.05. The van der Waals surface area contributed by atoms with Crippen LogP contribution in [0.4, 0.5) is 4.39 Å². The zero-order valence-corrected chi connectivity index (χ0v) is 12.9. The molecule has 2 rings (SSSR count). The summed E-state index contributed by atoms with van der Waals surface area (Å²) < 4.78 is 30.2. The Morgan fingerprint density at radius 2 is 2.29 bits per heavy atom. The van der Waals surface area contributed by atoms with Crippen molar-refractivity contribution >= 4 is 16.7 Å². The molecule has 1 N–H and O–H groups in total. The Labute approximate surface area is 125 Å². The Balaban J connectivity index is 2.15. The zero-order chi connectivity index (χ0) is 15.4. The van der Waals surface area contributed by atoms with Gasteiger partial charge in [-0.2, -0.15) is 0 Å². The molecule has 5 nitrogen and oxygen atoms in total. The number of rotatable bonds is 6. The molecule has 1 amide bonds. The van der Waals surface area contributed by atoms with Crippen LogP contribution in [0.5, 0.6) is 5.75 Å². The highest BCUT2D eigenvalue weighted by molar-refractivity contribution is 7.84. The summed E-state index contributed by atoms with van der Waals surface area (Å²) in [5.74, 6) is 0.635. The van der Waals surface area contributed by atoms with Crippen molar-refractivity contribution in [2.45, 2.75) is 13.1 Å². The summed E-state index contributed by atoms with van der Waals surface area (Å²) in [7, 11) is 0.470. The summed E-state index contributed by atoms with van der Waals surface area (Å²) in [5.41, 5.74) is 0.654. The molecule has 0 aromatic heterocycles. The highest BCUT2D eigenvalue weighted by Gasteiger charge is 2.31. The van der Waals surface area contributed by atoms with E-state index < -0.39 is 16.6 Å². The Hall–Kier alpha value is -1.47. The van der Waals surface area contributed by atoms with Crippen molar-refractivity contribution in [2.24, 2.45) is 0 Å². The third-order valence-electron chi connectivity index (χ3n) is 3.45. The van der Waals surface area contributed by atoms with Gasteiger partial charge in [-0.3, -0.25) is 14.3 Å². The summed E-state index contributed by atoms with van der Waals surface area (Å²) in [6.45, 7) is 2.44. The Morgan fingerprint density at radius 1 is 1.52 bits per heavy atom. The lowest BCUT2D eigenvalue weighted by atomic mass is 10.1. The third-order valence-corrected chi connectivity index (χ3v) is 4.73. The monoisotopic (exact) mass is 314 g/mol. The van der Waals surface area contributed by atoms with Crippen LogP contribution in [0.1, 0.15) is 18.7 Å². The number of halogens is 1. The third kappa shape index (κ3) is 3.59. The number of methoxy groups -OCH3 is 1. The van der Waals surface area contributed by atoms with Crippen LogP contribution < -0.4 is 10.1 Å². The van der Waals surface area contributed by atoms with Gasteiger partial charge in [-0.25, -0.2) is 4.39 Å². The predicted octanol–water partition coefficient (Wildman–Crippen LogP) is 1.03. The lowest BCUT2D eigenvalue weighted by Gasteiger charge is -2.24. The molecular formula is C14H19FN2O3S. The van der Waals surface area contributed by atoms with Crippen LogP contribution >= 0.6 is 0 Å². The standard InChI is InChI=1S/C14H19FN2O3S/c1-3-21(19)7-6-17-13(18)9-16-14(17)10-4-5-12(20-2)11(15)8-10/h4-5,8,14,16H,3,6-7,9H2,1-2H3. The average Bonchev–Trinajstić information content (AvgIpc) is 2.85. The maximum Gasteiger partial charge on any atom is 0.238 e. The molecule has 0 spiro atoms. The van der Waals surface area contributed by atoms with E-state index in [1.807, 2.05) is 6.92 Å². The minimum atomic E-state index is -0.934. The highest BCUT2D eigenvalue weighted by Crippen LogP contribution is 2.26. The quantitative estimate of drug-likeness (QED) is 0.852. The molecule has 116 valence electrons. The largest absolute Gasteiger partial charge is 0.494 e. The fourth-order valence-electron chi connectivity index (χ4n) is 2.29.